The molecule has 204 valence electrons. The lowest BCUT2D eigenvalue weighted by Crippen LogP contribution is -2.59. The van der Waals surface area contributed by atoms with Crippen LogP contribution in [0.25, 0.3) is 10.8 Å². The monoisotopic (exact) mass is 529 g/mol. The number of methoxy groups -OCH3 is 1. The van der Waals surface area contributed by atoms with Gasteiger partial charge in [0.1, 0.15) is 22.8 Å². The van der Waals surface area contributed by atoms with Crippen molar-refractivity contribution in [2.24, 2.45) is 17.6 Å². The second-order valence-electron chi connectivity index (χ2n) is 10.5. The van der Waals surface area contributed by atoms with E-state index in [4.69, 9.17) is 19.9 Å². The number of benzene rings is 2. The number of hydrogen-bond acceptors (Lipinski definition) is 11. The van der Waals surface area contributed by atoms with Crippen LogP contribution in [0, 0.1) is 11.8 Å². The molecule has 0 bridgehead atoms. The summed E-state index contributed by atoms with van der Waals surface area (Å²) < 4.78 is 17.1. The quantitative estimate of drug-likeness (QED) is 0.358. The van der Waals surface area contributed by atoms with E-state index >= 15 is 0 Å². The molecule has 1 aliphatic heterocycles. The molecule has 2 aromatic carbocycles. The highest BCUT2D eigenvalue weighted by Gasteiger charge is 2.58. The molecule has 38 heavy (non-hydrogen) atoms. The SMILES string of the molecule is COc1cccc2c(O)c3c(c(O)c12)C(=O)C1C(OC2CC(N)C(O)C(C)O2)CC(O)(C(C)=O)CC1C3=O. The van der Waals surface area contributed by atoms with Gasteiger partial charge in [-0.2, -0.15) is 0 Å². The van der Waals surface area contributed by atoms with Crippen LogP contribution in [-0.2, 0) is 14.3 Å². The molecule has 1 saturated heterocycles. The summed E-state index contributed by atoms with van der Waals surface area (Å²) in [6, 6.07) is 3.91. The average molecular weight is 530 g/mol. The summed E-state index contributed by atoms with van der Waals surface area (Å²) in [4.78, 5) is 40.3. The van der Waals surface area contributed by atoms with E-state index in [0.717, 1.165) is 0 Å². The van der Waals surface area contributed by atoms with Gasteiger partial charge in [-0.3, -0.25) is 14.4 Å². The number of ether oxygens (including phenoxy) is 3. The highest BCUT2D eigenvalue weighted by atomic mass is 16.7. The Balaban J connectivity index is 1.64. The molecule has 2 fully saturated rings. The molecule has 2 aliphatic carbocycles. The molecular weight excluding hydrogens is 498 g/mol. The van der Waals surface area contributed by atoms with Crippen molar-refractivity contribution in [3.63, 3.8) is 0 Å². The zero-order valence-corrected chi connectivity index (χ0v) is 21.2. The normalized spacial score (nSPS) is 35.1. The van der Waals surface area contributed by atoms with Crippen LogP contribution in [0.5, 0.6) is 17.2 Å². The molecule has 1 saturated carbocycles. The van der Waals surface area contributed by atoms with Gasteiger partial charge in [0.25, 0.3) is 0 Å². The van der Waals surface area contributed by atoms with Crippen molar-refractivity contribution < 1.29 is 49.0 Å². The number of Topliss-reactive ketones (excluding diaryl/α,β-unsaturated/α-hetero) is 3. The zero-order chi connectivity index (χ0) is 27.7. The Morgan fingerprint density at radius 2 is 1.82 bits per heavy atom. The van der Waals surface area contributed by atoms with E-state index in [0.29, 0.717) is 0 Å². The largest absolute Gasteiger partial charge is 0.507 e. The number of fused-ring (bicyclic) bond motifs is 3. The minimum Gasteiger partial charge on any atom is -0.507 e. The lowest BCUT2D eigenvalue weighted by molar-refractivity contribution is -0.255. The minimum absolute atomic E-state index is 0.0729. The van der Waals surface area contributed by atoms with Gasteiger partial charge in [0.15, 0.2) is 23.6 Å². The predicted octanol–water partition coefficient (Wildman–Crippen LogP) is 1.19. The Kier molecular flexibility index (Phi) is 6.48. The molecule has 3 aliphatic rings. The van der Waals surface area contributed by atoms with E-state index in [-0.39, 0.29) is 46.9 Å². The van der Waals surface area contributed by atoms with Gasteiger partial charge in [-0.05, 0) is 26.3 Å². The van der Waals surface area contributed by atoms with Crippen molar-refractivity contribution in [3.8, 4) is 17.2 Å². The summed E-state index contributed by atoms with van der Waals surface area (Å²) in [5.41, 5.74) is 3.32. The number of phenols is 2. The van der Waals surface area contributed by atoms with Crippen LogP contribution >= 0.6 is 0 Å². The first kappa shape index (κ1) is 26.5. The summed E-state index contributed by atoms with van der Waals surface area (Å²) in [5.74, 6) is -5.18. The van der Waals surface area contributed by atoms with Crippen molar-refractivity contribution in [2.45, 2.75) is 69.4 Å². The van der Waals surface area contributed by atoms with Crippen molar-refractivity contribution in [3.05, 3.63) is 29.3 Å². The van der Waals surface area contributed by atoms with Crippen LogP contribution in [0.2, 0.25) is 0 Å². The van der Waals surface area contributed by atoms with Gasteiger partial charge >= 0.3 is 0 Å². The number of phenolic OH excluding ortho intramolecular Hbond substituents is 2. The minimum atomic E-state index is -1.97. The molecule has 1 heterocycles. The van der Waals surface area contributed by atoms with E-state index in [1.807, 2.05) is 0 Å². The molecule has 0 amide bonds. The van der Waals surface area contributed by atoms with Crippen LogP contribution in [0.4, 0.5) is 0 Å². The number of nitrogens with two attached hydrogens (primary N) is 1. The molecule has 8 unspecified atom stereocenters. The molecule has 0 radical (unpaired) electrons. The van der Waals surface area contributed by atoms with Gasteiger partial charge in [-0.1, -0.05) is 12.1 Å². The summed E-state index contributed by atoms with van der Waals surface area (Å²) in [7, 11) is 1.37. The number of hydrogen-bond donors (Lipinski definition) is 5. The van der Waals surface area contributed by atoms with E-state index in [2.05, 4.69) is 0 Å². The van der Waals surface area contributed by atoms with Gasteiger partial charge in [0, 0.05) is 30.2 Å². The molecule has 6 N–H and O–H groups in total. The molecule has 11 nitrogen and oxygen atoms in total. The Labute approximate surface area is 218 Å². The first-order valence-corrected chi connectivity index (χ1v) is 12.5. The number of carbonyl (C=O) groups excluding carboxylic acids is 3. The Hall–Kier alpha value is -3.09. The molecule has 5 rings (SSSR count). The maximum atomic E-state index is 14.0. The van der Waals surface area contributed by atoms with E-state index in [1.165, 1.54) is 20.1 Å². The van der Waals surface area contributed by atoms with Crippen molar-refractivity contribution in [1.82, 2.24) is 0 Å². The smallest absolute Gasteiger partial charge is 0.173 e. The first-order valence-electron chi connectivity index (χ1n) is 12.5. The number of aromatic hydroxyl groups is 2. The van der Waals surface area contributed by atoms with E-state index in [9.17, 15) is 34.8 Å². The third kappa shape index (κ3) is 3.88. The van der Waals surface area contributed by atoms with Gasteiger partial charge in [-0.25, -0.2) is 0 Å². The zero-order valence-electron chi connectivity index (χ0n) is 21.2. The average Bonchev–Trinajstić information content (AvgIpc) is 2.87. The molecular formula is C27H31NO10. The first-order chi connectivity index (χ1) is 17.9. The third-order valence-corrected chi connectivity index (χ3v) is 8.26. The fourth-order valence-corrected chi connectivity index (χ4v) is 6.16. The highest BCUT2D eigenvalue weighted by Crippen LogP contribution is 2.52. The topological polar surface area (TPSA) is 186 Å². The number of aliphatic hydroxyl groups excluding tert-OH is 1. The summed E-state index contributed by atoms with van der Waals surface area (Å²) in [6.45, 7) is 2.80. The fourth-order valence-electron chi connectivity index (χ4n) is 6.16. The Morgan fingerprint density at radius 3 is 2.45 bits per heavy atom. The van der Waals surface area contributed by atoms with Crippen LogP contribution in [0.3, 0.4) is 0 Å². The number of aliphatic hydroxyl groups is 2. The number of ketones is 3. The van der Waals surface area contributed by atoms with Gasteiger partial charge < -0.3 is 40.4 Å². The van der Waals surface area contributed by atoms with Crippen molar-refractivity contribution >= 4 is 28.1 Å². The van der Waals surface area contributed by atoms with Crippen LogP contribution < -0.4 is 10.5 Å². The summed E-state index contributed by atoms with van der Waals surface area (Å²) in [5, 5.41) is 43.9. The molecule has 8 atom stereocenters. The molecule has 0 aromatic heterocycles. The van der Waals surface area contributed by atoms with Crippen molar-refractivity contribution in [2.75, 3.05) is 7.11 Å². The van der Waals surface area contributed by atoms with Crippen LogP contribution in [0.1, 0.15) is 53.8 Å². The molecule has 2 aromatic rings. The number of rotatable bonds is 4. The second-order valence-corrected chi connectivity index (χ2v) is 10.5. The summed E-state index contributed by atoms with van der Waals surface area (Å²) in [6.07, 6.45) is -4.34. The number of carbonyl (C=O) groups is 3. The van der Waals surface area contributed by atoms with Gasteiger partial charge in [0.2, 0.25) is 0 Å². The van der Waals surface area contributed by atoms with E-state index in [1.54, 1.807) is 19.1 Å². The molecule has 0 spiro atoms. The lowest BCUT2D eigenvalue weighted by Gasteiger charge is -2.47. The lowest BCUT2D eigenvalue weighted by atomic mass is 9.60. The molecule has 11 heteroatoms. The Bertz CT molecular complexity index is 1330. The second kappa shape index (κ2) is 9.28. The summed E-state index contributed by atoms with van der Waals surface area (Å²) >= 11 is 0. The van der Waals surface area contributed by atoms with Crippen LogP contribution in [0.15, 0.2) is 18.2 Å². The van der Waals surface area contributed by atoms with Gasteiger partial charge in [0.05, 0.1) is 47.9 Å². The fraction of sp³-hybridized carbons (Fsp3) is 0.519. The third-order valence-electron chi connectivity index (χ3n) is 8.26. The van der Waals surface area contributed by atoms with Crippen LogP contribution in [-0.4, -0.2) is 81.1 Å². The predicted molar refractivity (Wildman–Crippen MR) is 132 cm³/mol. The maximum Gasteiger partial charge on any atom is 0.173 e. The Morgan fingerprint density at radius 1 is 1.13 bits per heavy atom. The van der Waals surface area contributed by atoms with E-state index < -0.39 is 76.9 Å². The highest BCUT2D eigenvalue weighted by molar-refractivity contribution is 6.23. The standard InChI is InChI=1S/C27H31NO10/c1-10-22(30)14(28)7-17(37-10)38-16-9-27(35,11(2)29)8-13-19(16)26(34)21-20(24(13)32)23(31)12-5-4-6-15(36-3)18(12)25(21)33/h4-6,10,13-14,16-17,19,22,30-31,33,35H,7-9,28H2,1-3H3. The van der Waals surface area contributed by atoms with Crippen molar-refractivity contribution in [1.29, 1.82) is 0 Å². The maximum absolute atomic E-state index is 14.0. The van der Waals surface area contributed by atoms with Gasteiger partial charge in [-0.15, -0.1) is 0 Å².